The molecule has 0 aliphatic heterocycles. The molecular weight excluding hydrogens is 270 g/mol. The minimum absolute atomic E-state index is 0.362. The molecule has 0 saturated carbocycles. The normalized spacial score (nSPS) is 12.0. The molecule has 0 unspecified atom stereocenters. The average molecular weight is 297 g/mol. The van der Waals surface area contributed by atoms with E-state index in [1.807, 2.05) is 12.1 Å². The van der Waals surface area contributed by atoms with Crippen LogP contribution in [0.1, 0.15) is 52.0 Å². The molecule has 20 heavy (non-hydrogen) atoms. The Hall–Kier alpha value is -0.870. The number of nitrogens with one attached hydrogen (secondary N) is 1. The largest absolute Gasteiger partial charge is 0.240 e. The van der Waals surface area contributed by atoms with Crippen LogP contribution >= 0.6 is 0 Å². The maximum atomic E-state index is 12.1. The second-order valence-corrected chi connectivity index (χ2v) is 7.47. The standard InChI is InChI=1S/C16H27NO2S/c1-4-5-6-7-12-17-20(18,19)16-10-8-15(9-11-16)13-14(2)3/h8-11,14,17H,4-7,12-13H2,1-3H3. The Morgan fingerprint density at radius 3 is 2.25 bits per heavy atom. The molecule has 1 N–H and O–H groups in total. The molecule has 0 saturated heterocycles. The van der Waals surface area contributed by atoms with Crippen molar-refractivity contribution in [2.24, 2.45) is 5.92 Å². The van der Waals surface area contributed by atoms with Crippen molar-refractivity contribution in [1.29, 1.82) is 0 Å². The zero-order valence-electron chi connectivity index (χ0n) is 12.9. The lowest BCUT2D eigenvalue weighted by atomic mass is 10.0. The summed E-state index contributed by atoms with van der Waals surface area (Å²) >= 11 is 0. The lowest BCUT2D eigenvalue weighted by Crippen LogP contribution is -2.24. The number of benzene rings is 1. The van der Waals surface area contributed by atoms with Crippen molar-refractivity contribution in [3.63, 3.8) is 0 Å². The van der Waals surface area contributed by atoms with Gasteiger partial charge in [0, 0.05) is 6.54 Å². The Kier molecular flexibility index (Phi) is 7.24. The van der Waals surface area contributed by atoms with Crippen molar-refractivity contribution >= 4 is 10.0 Å². The van der Waals surface area contributed by atoms with Gasteiger partial charge in [0.05, 0.1) is 4.90 Å². The van der Waals surface area contributed by atoms with Gasteiger partial charge in [-0.1, -0.05) is 52.2 Å². The Morgan fingerprint density at radius 1 is 1.05 bits per heavy atom. The summed E-state index contributed by atoms with van der Waals surface area (Å²) in [5.41, 5.74) is 1.18. The number of sulfonamides is 1. The molecule has 4 heteroatoms. The molecule has 0 radical (unpaired) electrons. The topological polar surface area (TPSA) is 46.2 Å². The maximum absolute atomic E-state index is 12.1. The highest BCUT2D eigenvalue weighted by atomic mass is 32.2. The van der Waals surface area contributed by atoms with Gasteiger partial charge in [-0.15, -0.1) is 0 Å². The number of rotatable bonds is 9. The van der Waals surface area contributed by atoms with E-state index < -0.39 is 10.0 Å². The van der Waals surface area contributed by atoms with Gasteiger partial charge in [0.2, 0.25) is 10.0 Å². The van der Waals surface area contributed by atoms with Gasteiger partial charge in [-0.05, 0) is 36.5 Å². The number of hydrogen-bond acceptors (Lipinski definition) is 2. The predicted molar refractivity (Wildman–Crippen MR) is 84.3 cm³/mol. The number of hydrogen-bond donors (Lipinski definition) is 1. The molecule has 0 aromatic heterocycles. The summed E-state index contributed by atoms with van der Waals surface area (Å²) in [7, 11) is -3.34. The summed E-state index contributed by atoms with van der Waals surface area (Å²) in [6, 6.07) is 7.22. The average Bonchev–Trinajstić information content (AvgIpc) is 2.38. The first-order valence-electron chi connectivity index (χ1n) is 7.54. The molecule has 0 amide bonds. The molecule has 114 valence electrons. The van der Waals surface area contributed by atoms with Crippen molar-refractivity contribution in [2.45, 2.75) is 57.8 Å². The smallest absolute Gasteiger partial charge is 0.211 e. The Morgan fingerprint density at radius 2 is 1.70 bits per heavy atom. The highest BCUT2D eigenvalue weighted by Gasteiger charge is 2.12. The fraction of sp³-hybridized carbons (Fsp3) is 0.625. The van der Waals surface area contributed by atoms with Gasteiger partial charge < -0.3 is 0 Å². The molecule has 0 fully saturated rings. The zero-order valence-corrected chi connectivity index (χ0v) is 13.7. The van der Waals surface area contributed by atoms with Crippen LogP contribution < -0.4 is 4.72 Å². The molecule has 0 aliphatic rings. The van der Waals surface area contributed by atoms with Crippen LogP contribution in [0, 0.1) is 5.92 Å². The molecule has 1 rings (SSSR count). The summed E-state index contributed by atoms with van der Waals surface area (Å²) in [6.45, 7) is 6.98. The van der Waals surface area contributed by atoms with Gasteiger partial charge in [0.25, 0.3) is 0 Å². The van der Waals surface area contributed by atoms with Crippen molar-refractivity contribution in [3.05, 3.63) is 29.8 Å². The first-order valence-corrected chi connectivity index (χ1v) is 9.02. The molecule has 3 nitrogen and oxygen atoms in total. The highest BCUT2D eigenvalue weighted by molar-refractivity contribution is 7.89. The third-order valence-electron chi connectivity index (χ3n) is 3.20. The van der Waals surface area contributed by atoms with Gasteiger partial charge in [0.15, 0.2) is 0 Å². The van der Waals surface area contributed by atoms with Gasteiger partial charge in [-0.25, -0.2) is 13.1 Å². The summed E-state index contributed by atoms with van der Waals surface area (Å²) in [5.74, 6) is 0.578. The van der Waals surface area contributed by atoms with Crippen LogP contribution in [0.3, 0.4) is 0 Å². The highest BCUT2D eigenvalue weighted by Crippen LogP contribution is 2.13. The van der Waals surface area contributed by atoms with Gasteiger partial charge in [-0.3, -0.25) is 0 Å². The fourth-order valence-electron chi connectivity index (χ4n) is 2.12. The predicted octanol–water partition coefficient (Wildman–Crippen LogP) is 3.74. The molecule has 1 aromatic rings. The van der Waals surface area contributed by atoms with E-state index in [1.165, 1.54) is 5.56 Å². The summed E-state index contributed by atoms with van der Waals surface area (Å²) in [4.78, 5) is 0.362. The molecular formula is C16H27NO2S. The van der Waals surface area contributed by atoms with E-state index in [0.29, 0.717) is 17.4 Å². The van der Waals surface area contributed by atoms with Crippen molar-refractivity contribution in [3.8, 4) is 0 Å². The maximum Gasteiger partial charge on any atom is 0.240 e. The summed E-state index contributed by atoms with van der Waals surface area (Å²) < 4.78 is 26.8. The van der Waals surface area contributed by atoms with Crippen LogP contribution in [0.5, 0.6) is 0 Å². The van der Waals surface area contributed by atoms with Crippen molar-refractivity contribution in [2.75, 3.05) is 6.54 Å². The first-order chi connectivity index (χ1) is 9.45. The van der Waals surface area contributed by atoms with Crippen LogP contribution in [0.2, 0.25) is 0 Å². The zero-order chi connectivity index (χ0) is 15.0. The Balaban J connectivity index is 2.54. The second kappa shape index (κ2) is 8.42. The summed E-state index contributed by atoms with van der Waals surface area (Å²) in [5, 5.41) is 0. The van der Waals surface area contributed by atoms with Crippen LogP contribution in [-0.4, -0.2) is 15.0 Å². The third-order valence-corrected chi connectivity index (χ3v) is 4.68. The fourth-order valence-corrected chi connectivity index (χ4v) is 3.19. The SMILES string of the molecule is CCCCCCNS(=O)(=O)c1ccc(CC(C)C)cc1. The third kappa shape index (κ3) is 6.06. The molecule has 0 heterocycles. The second-order valence-electron chi connectivity index (χ2n) is 5.70. The van der Waals surface area contributed by atoms with E-state index >= 15 is 0 Å². The van der Waals surface area contributed by atoms with Gasteiger partial charge in [-0.2, -0.15) is 0 Å². The van der Waals surface area contributed by atoms with E-state index in [9.17, 15) is 8.42 Å². The molecule has 0 spiro atoms. The van der Waals surface area contributed by atoms with E-state index in [1.54, 1.807) is 12.1 Å². The van der Waals surface area contributed by atoms with Crippen LogP contribution in [0.15, 0.2) is 29.2 Å². The van der Waals surface area contributed by atoms with Crippen LogP contribution in [0.4, 0.5) is 0 Å². The van der Waals surface area contributed by atoms with Gasteiger partial charge >= 0.3 is 0 Å². The minimum Gasteiger partial charge on any atom is -0.211 e. The van der Waals surface area contributed by atoms with Crippen LogP contribution in [0.25, 0.3) is 0 Å². The molecule has 0 bridgehead atoms. The Labute approximate surface area is 123 Å². The van der Waals surface area contributed by atoms with E-state index in [4.69, 9.17) is 0 Å². The van der Waals surface area contributed by atoms with Crippen LogP contribution in [-0.2, 0) is 16.4 Å². The molecule has 0 atom stereocenters. The minimum atomic E-state index is -3.34. The van der Waals surface area contributed by atoms with E-state index in [-0.39, 0.29) is 0 Å². The van der Waals surface area contributed by atoms with E-state index in [2.05, 4.69) is 25.5 Å². The summed E-state index contributed by atoms with van der Waals surface area (Å²) in [6.07, 6.45) is 5.27. The number of unbranched alkanes of at least 4 members (excludes halogenated alkanes) is 3. The lowest BCUT2D eigenvalue weighted by Gasteiger charge is -2.08. The monoisotopic (exact) mass is 297 g/mol. The van der Waals surface area contributed by atoms with Crippen molar-refractivity contribution in [1.82, 2.24) is 4.72 Å². The quantitative estimate of drug-likeness (QED) is 0.706. The molecule has 1 aromatic carbocycles. The molecule has 0 aliphatic carbocycles. The van der Waals surface area contributed by atoms with Crippen molar-refractivity contribution < 1.29 is 8.42 Å². The van der Waals surface area contributed by atoms with Gasteiger partial charge in [0.1, 0.15) is 0 Å². The first kappa shape index (κ1) is 17.2. The lowest BCUT2D eigenvalue weighted by molar-refractivity contribution is 0.573. The Bertz CT molecular complexity index is 478. The van der Waals surface area contributed by atoms with E-state index in [0.717, 1.165) is 32.1 Å².